The Hall–Kier alpha value is -0.520. The van der Waals surface area contributed by atoms with Crippen LogP contribution in [0.15, 0.2) is 0 Å². The molecule has 15 heavy (non-hydrogen) atoms. The Labute approximate surface area is 93.8 Å². The summed E-state index contributed by atoms with van der Waals surface area (Å²) in [7, 11) is 3.87. The fourth-order valence-electron chi connectivity index (χ4n) is 2.75. The molecule has 1 unspecified atom stereocenters. The molecule has 86 valence electrons. The summed E-state index contributed by atoms with van der Waals surface area (Å²) in [5, 5.41) is 3.40. The highest BCUT2D eigenvalue weighted by molar-refractivity contribution is 4.97. The Bertz CT molecular complexity index is 213. The molecule has 0 aliphatic heterocycles. The largest absolute Gasteiger partial charge is 0.377 e. The number of methoxy groups -OCH3 is 1. The minimum Gasteiger partial charge on any atom is -0.377 e. The van der Waals surface area contributed by atoms with Gasteiger partial charge in [0.15, 0.2) is 0 Å². The molecule has 0 spiro atoms. The van der Waals surface area contributed by atoms with E-state index in [2.05, 4.69) is 11.2 Å². The van der Waals surface area contributed by atoms with E-state index < -0.39 is 0 Å². The fraction of sp³-hybridized carbons (Fsp3) is 0.846. The number of nitrogens with one attached hydrogen (secondary N) is 1. The Balaban J connectivity index is 2.51. The third kappa shape index (κ3) is 2.96. The summed E-state index contributed by atoms with van der Waals surface area (Å²) in [6, 6.07) is 0.457. The van der Waals surface area contributed by atoms with Gasteiger partial charge in [0, 0.05) is 19.6 Å². The minimum absolute atomic E-state index is 0.0728. The molecule has 0 heterocycles. The standard InChI is InChI=1S/C13H23NO/c1-4-5-6-9-12(14-2)13(15-3)10-7-8-11-13/h1,12,14H,5-11H2,2-3H3. The van der Waals surface area contributed by atoms with Gasteiger partial charge in [0.25, 0.3) is 0 Å². The second kappa shape index (κ2) is 6.15. The molecule has 2 nitrogen and oxygen atoms in total. The Morgan fingerprint density at radius 2 is 2.13 bits per heavy atom. The van der Waals surface area contributed by atoms with Crippen LogP contribution in [0.1, 0.15) is 44.9 Å². The molecular formula is C13H23NO. The summed E-state index contributed by atoms with van der Waals surface area (Å²) < 4.78 is 5.77. The van der Waals surface area contributed by atoms with Crippen molar-refractivity contribution in [2.24, 2.45) is 0 Å². The molecule has 0 saturated heterocycles. The third-order valence-corrected chi connectivity index (χ3v) is 3.65. The molecule has 0 radical (unpaired) electrons. The minimum atomic E-state index is 0.0728. The molecule has 1 saturated carbocycles. The van der Waals surface area contributed by atoms with Crippen molar-refractivity contribution < 1.29 is 4.74 Å². The van der Waals surface area contributed by atoms with E-state index in [1.807, 2.05) is 14.2 Å². The molecule has 1 N–H and O–H groups in total. The number of rotatable bonds is 6. The van der Waals surface area contributed by atoms with Gasteiger partial charge in [0.2, 0.25) is 0 Å². The monoisotopic (exact) mass is 209 g/mol. The molecule has 1 aliphatic carbocycles. The van der Waals surface area contributed by atoms with Crippen molar-refractivity contribution in [1.29, 1.82) is 0 Å². The average molecular weight is 209 g/mol. The van der Waals surface area contributed by atoms with Gasteiger partial charge >= 0.3 is 0 Å². The smallest absolute Gasteiger partial charge is 0.0830 e. The van der Waals surface area contributed by atoms with Crippen LogP contribution in [0.5, 0.6) is 0 Å². The lowest BCUT2D eigenvalue weighted by atomic mass is 9.88. The van der Waals surface area contributed by atoms with Crippen molar-refractivity contribution in [2.75, 3.05) is 14.2 Å². The molecule has 0 aromatic heterocycles. The molecular weight excluding hydrogens is 186 g/mol. The van der Waals surface area contributed by atoms with Crippen LogP contribution in [0.2, 0.25) is 0 Å². The molecule has 0 aromatic rings. The van der Waals surface area contributed by atoms with Crippen molar-refractivity contribution in [3.05, 3.63) is 0 Å². The van der Waals surface area contributed by atoms with Crippen molar-refractivity contribution in [3.63, 3.8) is 0 Å². The lowest BCUT2D eigenvalue weighted by molar-refractivity contribution is -0.0362. The van der Waals surface area contributed by atoms with Gasteiger partial charge in [-0.15, -0.1) is 12.3 Å². The number of terminal acetylenes is 1. The number of hydrogen-bond acceptors (Lipinski definition) is 2. The molecule has 1 atom stereocenters. The van der Waals surface area contributed by atoms with E-state index in [1.54, 1.807) is 0 Å². The quantitative estimate of drug-likeness (QED) is 0.535. The molecule has 0 aromatic carbocycles. The van der Waals surface area contributed by atoms with Gasteiger partial charge in [-0.25, -0.2) is 0 Å². The number of hydrogen-bond donors (Lipinski definition) is 1. The predicted octanol–water partition coefficient (Wildman–Crippen LogP) is 2.34. The van der Waals surface area contributed by atoms with Crippen LogP contribution in [0, 0.1) is 12.3 Å². The lowest BCUT2D eigenvalue weighted by Gasteiger charge is -2.36. The van der Waals surface area contributed by atoms with Crippen LogP contribution in [0.25, 0.3) is 0 Å². The Morgan fingerprint density at radius 1 is 1.47 bits per heavy atom. The second-order valence-corrected chi connectivity index (χ2v) is 4.41. The van der Waals surface area contributed by atoms with Gasteiger partial charge < -0.3 is 10.1 Å². The zero-order chi connectivity index (χ0) is 11.1. The zero-order valence-electron chi connectivity index (χ0n) is 10.0. The van der Waals surface area contributed by atoms with E-state index >= 15 is 0 Å². The highest BCUT2D eigenvalue weighted by atomic mass is 16.5. The summed E-state index contributed by atoms with van der Waals surface area (Å²) in [6.07, 6.45) is 13.3. The van der Waals surface area contributed by atoms with E-state index in [4.69, 9.17) is 11.2 Å². The summed E-state index contributed by atoms with van der Waals surface area (Å²) in [6.45, 7) is 0. The zero-order valence-corrected chi connectivity index (χ0v) is 10.0. The SMILES string of the molecule is C#CCCCC(NC)C1(OC)CCCC1. The van der Waals surface area contributed by atoms with Crippen LogP contribution in [0.3, 0.4) is 0 Å². The van der Waals surface area contributed by atoms with Gasteiger partial charge in [-0.2, -0.15) is 0 Å². The summed E-state index contributed by atoms with van der Waals surface area (Å²) in [4.78, 5) is 0. The van der Waals surface area contributed by atoms with Crippen LogP contribution in [-0.2, 0) is 4.74 Å². The Morgan fingerprint density at radius 3 is 2.60 bits per heavy atom. The van der Waals surface area contributed by atoms with E-state index in [0.717, 1.165) is 19.3 Å². The van der Waals surface area contributed by atoms with Gasteiger partial charge in [-0.1, -0.05) is 12.8 Å². The molecule has 1 aliphatic rings. The first kappa shape index (κ1) is 12.5. The van der Waals surface area contributed by atoms with Crippen molar-refractivity contribution in [2.45, 2.75) is 56.6 Å². The first-order chi connectivity index (χ1) is 7.29. The fourth-order valence-corrected chi connectivity index (χ4v) is 2.75. The summed E-state index contributed by atoms with van der Waals surface area (Å²) in [5.41, 5.74) is 0.0728. The maximum absolute atomic E-state index is 5.77. The maximum atomic E-state index is 5.77. The highest BCUT2D eigenvalue weighted by Crippen LogP contribution is 2.37. The van der Waals surface area contributed by atoms with Crippen molar-refractivity contribution >= 4 is 0 Å². The average Bonchev–Trinajstić information content (AvgIpc) is 2.74. The second-order valence-electron chi connectivity index (χ2n) is 4.41. The van der Waals surface area contributed by atoms with E-state index in [0.29, 0.717) is 6.04 Å². The van der Waals surface area contributed by atoms with E-state index in [-0.39, 0.29) is 5.60 Å². The van der Waals surface area contributed by atoms with Gasteiger partial charge in [-0.3, -0.25) is 0 Å². The topological polar surface area (TPSA) is 21.3 Å². The van der Waals surface area contributed by atoms with Crippen LogP contribution in [-0.4, -0.2) is 25.8 Å². The maximum Gasteiger partial charge on any atom is 0.0830 e. The summed E-state index contributed by atoms with van der Waals surface area (Å²) >= 11 is 0. The molecule has 1 fully saturated rings. The first-order valence-electron chi connectivity index (χ1n) is 5.95. The van der Waals surface area contributed by atoms with Crippen LogP contribution in [0.4, 0.5) is 0 Å². The van der Waals surface area contributed by atoms with E-state index in [1.165, 1.54) is 25.7 Å². The summed E-state index contributed by atoms with van der Waals surface area (Å²) in [5.74, 6) is 2.70. The number of likely N-dealkylation sites (N-methyl/N-ethyl adjacent to an activating group) is 1. The highest BCUT2D eigenvalue weighted by Gasteiger charge is 2.40. The van der Waals surface area contributed by atoms with Gasteiger partial charge in [0.05, 0.1) is 5.60 Å². The van der Waals surface area contributed by atoms with Crippen LogP contribution >= 0.6 is 0 Å². The van der Waals surface area contributed by atoms with Crippen molar-refractivity contribution in [1.82, 2.24) is 5.32 Å². The number of unbranched alkanes of at least 4 members (excludes halogenated alkanes) is 1. The number of ether oxygens (including phenoxy) is 1. The third-order valence-electron chi connectivity index (χ3n) is 3.65. The molecule has 0 amide bonds. The lowest BCUT2D eigenvalue weighted by Crippen LogP contribution is -2.49. The first-order valence-corrected chi connectivity index (χ1v) is 5.95. The van der Waals surface area contributed by atoms with E-state index in [9.17, 15) is 0 Å². The van der Waals surface area contributed by atoms with Crippen LogP contribution < -0.4 is 5.32 Å². The Kier molecular flexibility index (Phi) is 5.14. The molecule has 0 bridgehead atoms. The molecule has 1 rings (SSSR count). The predicted molar refractivity (Wildman–Crippen MR) is 63.7 cm³/mol. The van der Waals surface area contributed by atoms with Gasteiger partial charge in [0.1, 0.15) is 0 Å². The normalized spacial score (nSPS) is 21.1. The molecule has 2 heteroatoms. The van der Waals surface area contributed by atoms with Crippen molar-refractivity contribution in [3.8, 4) is 12.3 Å². The van der Waals surface area contributed by atoms with Gasteiger partial charge in [-0.05, 0) is 32.7 Å².